The van der Waals surface area contributed by atoms with E-state index in [0.717, 1.165) is 12.8 Å². The highest BCUT2D eigenvalue weighted by molar-refractivity contribution is 6.03. The predicted octanol–water partition coefficient (Wildman–Crippen LogP) is 5.65. The van der Waals surface area contributed by atoms with Crippen LogP contribution in [0.5, 0.6) is 0 Å². The van der Waals surface area contributed by atoms with Gasteiger partial charge in [-0.15, -0.1) is 0 Å². The van der Waals surface area contributed by atoms with Crippen molar-refractivity contribution in [1.82, 2.24) is 0 Å². The summed E-state index contributed by atoms with van der Waals surface area (Å²) in [5.41, 5.74) is -0.706. The zero-order chi connectivity index (χ0) is 20.1. The smallest absolute Gasteiger partial charge is 0.339 e. The van der Waals surface area contributed by atoms with Crippen molar-refractivity contribution < 1.29 is 19.1 Å². The van der Waals surface area contributed by atoms with E-state index in [0.29, 0.717) is 11.8 Å². The molecule has 0 spiro atoms. The third-order valence-electron chi connectivity index (χ3n) is 3.90. The van der Waals surface area contributed by atoms with Crippen molar-refractivity contribution >= 4 is 11.9 Å². The lowest BCUT2D eigenvalue weighted by Crippen LogP contribution is -2.32. The van der Waals surface area contributed by atoms with Crippen LogP contribution in [0, 0.1) is 11.8 Å². The largest absolute Gasteiger partial charge is 0.456 e. The lowest BCUT2D eigenvalue weighted by Gasteiger charge is -2.28. The van der Waals surface area contributed by atoms with Gasteiger partial charge in [-0.3, -0.25) is 0 Å². The standard InChI is InChI=1S/C22H34O4/c1-15(2)13-21(5,6)25-19(23)17-11-9-10-12-18(17)20(24)26-22(7,8)14-16(3)4/h9-12,15-16H,13-14H2,1-8H3. The highest BCUT2D eigenvalue weighted by atomic mass is 16.6. The fraction of sp³-hybridized carbons (Fsp3) is 0.636. The molecule has 4 nitrogen and oxygen atoms in total. The Balaban J connectivity index is 3.00. The van der Waals surface area contributed by atoms with Gasteiger partial charge in [0.15, 0.2) is 0 Å². The predicted molar refractivity (Wildman–Crippen MR) is 104 cm³/mol. The van der Waals surface area contributed by atoms with Crippen molar-refractivity contribution in [3.8, 4) is 0 Å². The average molecular weight is 363 g/mol. The van der Waals surface area contributed by atoms with Crippen LogP contribution in [0.25, 0.3) is 0 Å². The van der Waals surface area contributed by atoms with E-state index in [2.05, 4.69) is 27.7 Å². The average Bonchev–Trinajstić information content (AvgIpc) is 2.43. The molecule has 0 aromatic heterocycles. The Kier molecular flexibility index (Phi) is 7.43. The molecule has 26 heavy (non-hydrogen) atoms. The Morgan fingerprint density at radius 1 is 0.769 bits per heavy atom. The molecular weight excluding hydrogens is 328 g/mol. The minimum absolute atomic E-state index is 0.245. The molecule has 0 atom stereocenters. The molecule has 146 valence electrons. The van der Waals surface area contributed by atoms with Gasteiger partial charge in [0.25, 0.3) is 0 Å². The maximum atomic E-state index is 12.7. The summed E-state index contributed by atoms with van der Waals surface area (Å²) in [5.74, 6) is -0.195. The van der Waals surface area contributed by atoms with Crippen LogP contribution in [0.15, 0.2) is 24.3 Å². The molecule has 0 saturated carbocycles. The van der Waals surface area contributed by atoms with Gasteiger partial charge >= 0.3 is 11.9 Å². The molecule has 0 heterocycles. The van der Waals surface area contributed by atoms with Crippen LogP contribution in [0.2, 0.25) is 0 Å². The molecule has 0 aliphatic carbocycles. The van der Waals surface area contributed by atoms with Crippen molar-refractivity contribution in [3.63, 3.8) is 0 Å². The van der Waals surface area contributed by atoms with Gasteiger partial charge in [-0.2, -0.15) is 0 Å². The van der Waals surface area contributed by atoms with E-state index in [-0.39, 0.29) is 11.1 Å². The van der Waals surface area contributed by atoms with Crippen LogP contribution in [0.1, 0.15) is 88.9 Å². The molecule has 0 aliphatic rings. The molecule has 0 aliphatic heterocycles. The van der Waals surface area contributed by atoms with Gasteiger partial charge < -0.3 is 9.47 Å². The third-order valence-corrected chi connectivity index (χ3v) is 3.90. The zero-order valence-corrected chi connectivity index (χ0v) is 17.5. The molecule has 0 radical (unpaired) electrons. The van der Waals surface area contributed by atoms with Crippen molar-refractivity contribution in [3.05, 3.63) is 35.4 Å². The van der Waals surface area contributed by atoms with Crippen LogP contribution in [0.3, 0.4) is 0 Å². The first-order valence-corrected chi connectivity index (χ1v) is 9.39. The zero-order valence-electron chi connectivity index (χ0n) is 17.5. The summed E-state index contributed by atoms with van der Waals surface area (Å²) in [6, 6.07) is 6.67. The number of benzene rings is 1. The van der Waals surface area contributed by atoms with E-state index in [1.807, 2.05) is 27.7 Å². The van der Waals surface area contributed by atoms with Gasteiger partial charge in [-0.25, -0.2) is 9.59 Å². The molecule has 0 fully saturated rings. The summed E-state index contributed by atoms with van der Waals surface area (Å²) in [6.07, 6.45) is 1.49. The maximum Gasteiger partial charge on any atom is 0.339 e. The number of rotatable bonds is 8. The number of hydrogen-bond donors (Lipinski definition) is 0. The van der Waals surface area contributed by atoms with E-state index in [4.69, 9.17) is 9.47 Å². The normalized spacial score (nSPS) is 12.4. The van der Waals surface area contributed by atoms with Gasteiger partial charge in [0.05, 0.1) is 11.1 Å². The highest BCUT2D eigenvalue weighted by Crippen LogP contribution is 2.25. The first-order valence-electron chi connectivity index (χ1n) is 9.39. The number of esters is 2. The second-order valence-corrected chi connectivity index (χ2v) is 9.04. The second kappa shape index (κ2) is 8.70. The fourth-order valence-corrected chi connectivity index (χ4v) is 3.50. The van der Waals surface area contributed by atoms with Gasteiger partial charge in [-0.05, 0) is 64.5 Å². The van der Waals surface area contributed by atoms with Crippen LogP contribution >= 0.6 is 0 Å². The van der Waals surface area contributed by atoms with Crippen LogP contribution < -0.4 is 0 Å². The van der Waals surface area contributed by atoms with Crippen molar-refractivity contribution in [1.29, 1.82) is 0 Å². The Labute approximate surface area is 158 Å². The summed E-state index contributed by atoms with van der Waals surface area (Å²) in [7, 11) is 0. The van der Waals surface area contributed by atoms with Gasteiger partial charge in [-0.1, -0.05) is 39.8 Å². The number of hydrogen-bond acceptors (Lipinski definition) is 4. The fourth-order valence-electron chi connectivity index (χ4n) is 3.50. The van der Waals surface area contributed by atoms with Crippen LogP contribution in [-0.2, 0) is 9.47 Å². The molecule has 0 saturated heterocycles. The Morgan fingerprint density at radius 2 is 1.08 bits per heavy atom. The topological polar surface area (TPSA) is 52.6 Å². The summed E-state index contributed by atoms with van der Waals surface area (Å²) in [6.45, 7) is 15.9. The molecule has 4 heteroatoms. The van der Waals surface area contributed by atoms with Gasteiger partial charge in [0, 0.05) is 0 Å². The number of carbonyl (C=O) groups excluding carboxylic acids is 2. The molecule has 1 aromatic carbocycles. The molecule has 1 rings (SSSR count). The molecule has 1 aromatic rings. The minimum Gasteiger partial charge on any atom is -0.456 e. The SMILES string of the molecule is CC(C)CC(C)(C)OC(=O)c1ccccc1C(=O)OC(C)(C)CC(C)C. The Morgan fingerprint density at radius 3 is 1.35 bits per heavy atom. The van der Waals surface area contributed by atoms with E-state index < -0.39 is 23.1 Å². The van der Waals surface area contributed by atoms with E-state index in [9.17, 15) is 9.59 Å². The van der Waals surface area contributed by atoms with E-state index in [1.165, 1.54) is 0 Å². The quantitative estimate of drug-likeness (QED) is 0.561. The van der Waals surface area contributed by atoms with Gasteiger partial charge in [0.2, 0.25) is 0 Å². The second-order valence-electron chi connectivity index (χ2n) is 9.04. The summed E-state index contributed by atoms with van der Waals surface area (Å²) >= 11 is 0. The molecule has 0 amide bonds. The van der Waals surface area contributed by atoms with E-state index >= 15 is 0 Å². The Hall–Kier alpha value is -1.84. The number of carbonyl (C=O) groups is 2. The Bertz CT molecular complexity index is 572. The van der Waals surface area contributed by atoms with Crippen molar-refractivity contribution in [2.45, 2.75) is 79.4 Å². The maximum absolute atomic E-state index is 12.7. The first kappa shape index (κ1) is 22.2. The monoisotopic (exact) mass is 362 g/mol. The summed E-state index contributed by atoms with van der Waals surface area (Å²) < 4.78 is 11.3. The van der Waals surface area contributed by atoms with Gasteiger partial charge in [0.1, 0.15) is 11.2 Å². The molecular formula is C22H34O4. The minimum atomic E-state index is -0.598. The first-order chi connectivity index (χ1) is 11.8. The number of ether oxygens (including phenoxy) is 2. The highest BCUT2D eigenvalue weighted by Gasteiger charge is 2.30. The van der Waals surface area contributed by atoms with Crippen molar-refractivity contribution in [2.24, 2.45) is 11.8 Å². The molecule has 0 unspecified atom stereocenters. The van der Waals surface area contributed by atoms with Crippen LogP contribution in [-0.4, -0.2) is 23.1 Å². The molecule has 0 N–H and O–H groups in total. The van der Waals surface area contributed by atoms with Crippen LogP contribution in [0.4, 0.5) is 0 Å². The lowest BCUT2D eigenvalue weighted by atomic mass is 9.95. The third kappa shape index (κ3) is 7.19. The van der Waals surface area contributed by atoms with E-state index in [1.54, 1.807) is 24.3 Å². The lowest BCUT2D eigenvalue weighted by molar-refractivity contribution is -0.0142. The summed E-state index contributed by atoms with van der Waals surface area (Å²) in [5, 5.41) is 0. The van der Waals surface area contributed by atoms with Crippen molar-refractivity contribution in [2.75, 3.05) is 0 Å². The molecule has 0 bridgehead atoms. The summed E-state index contributed by atoms with van der Waals surface area (Å²) in [4.78, 5) is 25.4.